The number of nitrogens with zero attached hydrogens (tertiary/aromatic N) is 4. The number of thioether (sulfide) groups is 1. The van der Waals surface area contributed by atoms with Crippen LogP contribution in [0.4, 0.5) is 25.8 Å². The van der Waals surface area contributed by atoms with Gasteiger partial charge in [-0.1, -0.05) is 12.1 Å². The van der Waals surface area contributed by atoms with Crippen LogP contribution in [0.15, 0.2) is 47.4 Å². The van der Waals surface area contributed by atoms with Crippen molar-refractivity contribution in [2.75, 3.05) is 54.1 Å². The summed E-state index contributed by atoms with van der Waals surface area (Å²) in [5.74, 6) is -0.583. The van der Waals surface area contributed by atoms with E-state index in [1.807, 2.05) is 31.1 Å². The van der Waals surface area contributed by atoms with Crippen molar-refractivity contribution in [3.05, 3.63) is 81.9 Å². The van der Waals surface area contributed by atoms with Crippen LogP contribution in [-0.2, 0) is 0 Å². The largest absolute Gasteiger partial charge is 0.382 e. The van der Waals surface area contributed by atoms with Crippen LogP contribution >= 0.6 is 11.8 Å². The monoisotopic (exact) mass is 603 g/mol. The lowest BCUT2D eigenvalue weighted by Gasteiger charge is -2.42. The summed E-state index contributed by atoms with van der Waals surface area (Å²) >= 11 is 1.41. The lowest BCUT2D eigenvalue weighted by molar-refractivity contribution is 0.0672. The van der Waals surface area contributed by atoms with Gasteiger partial charge in [0.15, 0.2) is 0 Å². The molecule has 2 fully saturated rings. The smallest absolute Gasteiger partial charge is 0.254 e. The molecular weight excluding hydrogens is 564 g/mol. The number of hydrogen-bond acceptors (Lipinski definition) is 6. The molecule has 0 spiro atoms. The fourth-order valence-electron chi connectivity index (χ4n) is 6.65. The number of nitriles is 1. The minimum atomic E-state index is -0.403. The van der Waals surface area contributed by atoms with E-state index in [4.69, 9.17) is 0 Å². The molecule has 2 saturated heterocycles. The number of piperidine rings is 1. The lowest BCUT2D eigenvalue weighted by atomic mass is 9.94. The number of rotatable bonds is 6. The first-order valence-electron chi connectivity index (χ1n) is 14.8. The second-order valence-electron chi connectivity index (χ2n) is 11.7. The van der Waals surface area contributed by atoms with Crippen LogP contribution < -0.4 is 15.1 Å². The molecule has 0 radical (unpaired) electrons. The van der Waals surface area contributed by atoms with Crippen LogP contribution in [0.5, 0.6) is 0 Å². The van der Waals surface area contributed by atoms with E-state index in [0.29, 0.717) is 30.1 Å². The van der Waals surface area contributed by atoms with Crippen LogP contribution in [0.25, 0.3) is 0 Å². The summed E-state index contributed by atoms with van der Waals surface area (Å²) in [5.41, 5.74) is 6.78. The lowest BCUT2D eigenvalue weighted by Crippen LogP contribution is -2.54. The maximum absolute atomic E-state index is 14.5. The van der Waals surface area contributed by atoms with Gasteiger partial charge in [-0.15, -0.1) is 11.8 Å². The highest BCUT2D eigenvalue weighted by molar-refractivity contribution is 7.98. The van der Waals surface area contributed by atoms with E-state index in [2.05, 4.69) is 41.1 Å². The van der Waals surface area contributed by atoms with Crippen LogP contribution in [-0.4, -0.2) is 61.9 Å². The van der Waals surface area contributed by atoms with Gasteiger partial charge in [0.1, 0.15) is 17.7 Å². The summed E-state index contributed by atoms with van der Waals surface area (Å²) in [7, 11) is 0. The molecule has 2 heterocycles. The van der Waals surface area contributed by atoms with E-state index in [1.54, 1.807) is 12.1 Å². The van der Waals surface area contributed by atoms with E-state index >= 15 is 0 Å². The predicted molar refractivity (Wildman–Crippen MR) is 172 cm³/mol. The Bertz CT molecular complexity index is 1560. The average Bonchev–Trinajstić information content (AvgIpc) is 2.99. The molecule has 43 heavy (non-hydrogen) atoms. The average molecular weight is 604 g/mol. The molecule has 0 saturated carbocycles. The third-order valence-electron chi connectivity index (χ3n) is 8.83. The molecule has 226 valence electrons. The van der Waals surface area contributed by atoms with Crippen LogP contribution in [0, 0.1) is 43.7 Å². The molecule has 2 aliphatic heterocycles. The van der Waals surface area contributed by atoms with Crippen molar-refractivity contribution in [3.63, 3.8) is 0 Å². The highest BCUT2D eigenvalue weighted by atomic mass is 32.2. The summed E-state index contributed by atoms with van der Waals surface area (Å²) in [4.78, 5) is 21.0. The first-order valence-corrected chi connectivity index (χ1v) is 16.1. The van der Waals surface area contributed by atoms with Crippen LogP contribution in [0.1, 0.15) is 52.4 Å². The maximum atomic E-state index is 14.5. The summed E-state index contributed by atoms with van der Waals surface area (Å²) in [5, 5.41) is 13.2. The Morgan fingerprint density at radius 3 is 2.40 bits per heavy atom. The summed E-state index contributed by atoms with van der Waals surface area (Å²) in [6, 6.07) is 14.0. The predicted octanol–water partition coefficient (Wildman–Crippen LogP) is 6.92. The van der Waals surface area contributed by atoms with Gasteiger partial charge in [-0.2, -0.15) is 5.26 Å². The molecule has 1 amide bonds. The molecule has 0 aromatic heterocycles. The Kier molecular flexibility index (Phi) is 9.16. The molecule has 0 bridgehead atoms. The molecule has 0 unspecified atom stereocenters. The van der Waals surface area contributed by atoms with Gasteiger partial charge in [0.25, 0.3) is 5.91 Å². The van der Waals surface area contributed by atoms with Crippen molar-refractivity contribution >= 4 is 34.7 Å². The van der Waals surface area contributed by atoms with Crippen molar-refractivity contribution in [3.8, 4) is 6.07 Å². The number of piperazine rings is 1. The summed E-state index contributed by atoms with van der Waals surface area (Å²) < 4.78 is 28.1. The van der Waals surface area contributed by atoms with Crippen molar-refractivity contribution in [2.45, 2.75) is 57.5 Å². The molecule has 5 rings (SSSR count). The van der Waals surface area contributed by atoms with Crippen molar-refractivity contribution < 1.29 is 13.6 Å². The van der Waals surface area contributed by atoms with Crippen molar-refractivity contribution in [1.82, 2.24) is 4.90 Å². The second kappa shape index (κ2) is 12.8. The van der Waals surface area contributed by atoms with Crippen LogP contribution in [0.2, 0.25) is 0 Å². The Balaban J connectivity index is 1.29. The number of nitrogens with one attached hydrogen (secondary N) is 1. The highest BCUT2D eigenvalue weighted by Gasteiger charge is 2.32. The first kappa shape index (κ1) is 30.7. The summed E-state index contributed by atoms with van der Waals surface area (Å²) in [6.07, 6.45) is 3.60. The fourth-order valence-corrected chi connectivity index (χ4v) is 7.32. The standard InChI is InChI=1S/C34H39F2N5OS/c1-21-17-22(2)32(38-27-11-13-39(14-12-27)29-10-9-26(35)18-25(29)19-37)24(4)31(21)34(42)41-16-15-40(20-23(41)3)30-8-6-7-28(36)33(30)43-5/h6-10,17-18,23,27,38H,11-16,20H2,1-5H3/t23-/m0/s1. The van der Waals surface area contributed by atoms with E-state index in [-0.39, 0.29) is 23.8 Å². The van der Waals surface area contributed by atoms with E-state index in [9.17, 15) is 18.8 Å². The van der Waals surface area contributed by atoms with Gasteiger partial charge in [0.2, 0.25) is 0 Å². The number of benzene rings is 3. The van der Waals surface area contributed by atoms with Gasteiger partial charge < -0.3 is 20.0 Å². The van der Waals surface area contributed by atoms with E-state index in [0.717, 1.165) is 65.2 Å². The zero-order valence-corrected chi connectivity index (χ0v) is 26.3. The fraction of sp³-hybridized carbons (Fsp3) is 0.412. The number of carbonyl (C=O) groups excluding carboxylic acids is 1. The van der Waals surface area contributed by atoms with Crippen molar-refractivity contribution in [2.24, 2.45) is 0 Å². The number of hydrogen-bond donors (Lipinski definition) is 1. The normalized spacial score (nSPS) is 17.6. The number of aryl methyl sites for hydroxylation is 2. The van der Waals surface area contributed by atoms with Crippen molar-refractivity contribution in [1.29, 1.82) is 5.26 Å². The molecule has 9 heteroatoms. The Morgan fingerprint density at radius 2 is 1.72 bits per heavy atom. The number of anilines is 3. The maximum Gasteiger partial charge on any atom is 0.254 e. The third-order valence-corrected chi connectivity index (χ3v) is 9.64. The number of halogens is 2. The van der Waals surface area contributed by atoms with Gasteiger partial charge >= 0.3 is 0 Å². The molecule has 6 nitrogen and oxygen atoms in total. The van der Waals surface area contributed by atoms with E-state index < -0.39 is 5.82 Å². The third kappa shape index (κ3) is 6.16. The van der Waals surface area contributed by atoms with Gasteiger partial charge in [-0.05, 0) is 93.8 Å². The Morgan fingerprint density at radius 1 is 0.977 bits per heavy atom. The van der Waals surface area contributed by atoms with E-state index in [1.165, 1.54) is 30.0 Å². The first-order chi connectivity index (χ1) is 20.6. The Labute approximate surface area is 257 Å². The molecule has 2 aliphatic rings. The number of carbonyl (C=O) groups is 1. The molecule has 1 N–H and O–H groups in total. The zero-order valence-electron chi connectivity index (χ0n) is 25.5. The SMILES string of the molecule is CSc1c(F)cccc1N1CCN(C(=O)c2c(C)cc(C)c(NC3CCN(c4ccc(F)cc4C#N)CC3)c2C)[C@@H](C)C1. The minimum Gasteiger partial charge on any atom is -0.382 e. The second-order valence-corrected chi connectivity index (χ2v) is 12.5. The highest BCUT2D eigenvalue weighted by Crippen LogP contribution is 2.35. The molecule has 3 aromatic rings. The quantitative estimate of drug-likeness (QED) is 0.309. The molecule has 3 aromatic carbocycles. The molecule has 1 atom stereocenters. The van der Waals surface area contributed by atoms with Gasteiger partial charge in [-0.25, -0.2) is 8.78 Å². The topological polar surface area (TPSA) is 62.6 Å². The van der Waals surface area contributed by atoms with Gasteiger partial charge in [-0.3, -0.25) is 4.79 Å². The van der Waals surface area contributed by atoms with Crippen LogP contribution in [0.3, 0.4) is 0 Å². The zero-order chi connectivity index (χ0) is 30.8. The van der Waals surface area contributed by atoms with Gasteiger partial charge in [0, 0.05) is 56.1 Å². The minimum absolute atomic E-state index is 0.0321. The Hall–Kier alpha value is -3.77. The van der Waals surface area contributed by atoms with Gasteiger partial charge in [0.05, 0.1) is 21.8 Å². The molecule has 0 aliphatic carbocycles. The molecular formula is C34H39F2N5OS. The summed E-state index contributed by atoms with van der Waals surface area (Å²) in [6.45, 7) is 11.5. The number of amides is 1.